The molecule has 0 aliphatic rings. The molecule has 1 aromatic rings. The number of halogens is 1. The van der Waals surface area contributed by atoms with Crippen LogP contribution in [-0.2, 0) is 6.54 Å². The van der Waals surface area contributed by atoms with E-state index in [-0.39, 0.29) is 0 Å². The Morgan fingerprint density at radius 2 is 2.24 bits per heavy atom. The van der Waals surface area contributed by atoms with Crippen molar-refractivity contribution in [2.75, 3.05) is 6.54 Å². The van der Waals surface area contributed by atoms with Gasteiger partial charge in [0.05, 0.1) is 6.54 Å². The van der Waals surface area contributed by atoms with E-state index in [1.54, 1.807) is 0 Å². The summed E-state index contributed by atoms with van der Waals surface area (Å²) < 4.78 is 0. The first-order valence-corrected chi connectivity index (χ1v) is 6.30. The second kappa shape index (κ2) is 7.17. The van der Waals surface area contributed by atoms with Crippen molar-refractivity contribution >= 4 is 17.6 Å². The molecule has 0 fully saturated rings. The van der Waals surface area contributed by atoms with Crippen LogP contribution in [0.5, 0.6) is 0 Å². The molecule has 3 N–H and O–H groups in total. The van der Waals surface area contributed by atoms with Crippen molar-refractivity contribution in [1.82, 2.24) is 5.32 Å². The second-order valence-electron chi connectivity index (χ2n) is 4.07. The van der Waals surface area contributed by atoms with Crippen LogP contribution in [0.25, 0.3) is 0 Å². The van der Waals surface area contributed by atoms with Gasteiger partial charge in [-0.05, 0) is 30.5 Å². The van der Waals surface area contributed by atoms with E-state index in [4.69, 9.17) is 17.3 Å². The molecule has 3 nitrogen and oxygen atoms in total. The van der Waals surface area contributed by atoms with Crippen LogP contribution in [0.3, 0.4) is 0 Å². The number of hydrogen-bond donors (Lipinski definition) is 2. The molecule has 1 aromatic carbocycles. The summed E-state index contributed by atoms with van der Waals surface area (Å²) in [6.07, 6.45) is 2.26. The largest absolute Gasteiger partial charge is 0.370 e. The molecule has 0 unspecified atom stereocenters. The maximum absolute atomic E-state index is 5.95. The van der Waals surface area contributed by atoms with Crippen molar-refractivity contribution in [1.29, 1.82) is 0 Å². The first-order valence-electron chi connectivity index (χ1n) is 5.92. The third kappa shape index (κ3) is 5.09. The Morgan fingerprint density at radius 1 is 1.47 bits per heavy atom. The molecule has 4 heteroatoms. The van der Waals surface area contributed by atoms with E-state index >= 15 is 0 Å². The van der Waals surface area contributed by atoms with Gasteiger partial charge in [0.2, 0.25) is 0 Å². The van der Waals surface area contributed by atoms with E-state index in [0.29, 0.717) is 12.5 Å². The summed E-state index contributed by atoms with van der Waals surface area (Å²) in [5, 5.41) is 3.87. The van der Waals surface area contributed by atoms with Gasteiger partial charge in [-0.15, -0.1) is 0 Å². The number of aliphatic imine (C=N–C) groups is 1. The van der Waals surface area contributed by atoms with Crippen LogP contribution in [-0.4, -0.2) is 12.5 Å². The van der Waals surface area contributed by atoms with Crippen LogP contribution < -0.4 is 11.1 Å². The molecule has 0 saturated heterocycles. The van der Waals surface area contributed by atoms with E-state index in [9.17, 15) is 0 Å². The zero-order valence-corrected chi connectivity index (χ0v) is 11.2. The lowest BCUT2D eigenvalue weighted by Gasteiger charge is -2.05. The van der Waals surface area contributed by atoms with Crippen molar-refractivity contribution in [2.24, 2.45) is 10.7 Å². The van der Waals surface area contributed by atoms with Gasteiger partial charge in [0.15, 0.2) is 5.96 Å². The van der Waals surface area contributed by atoms with Gasteiger partial charge in [0.25, 0.3) is 0 Å². The average Bonchev–Trinajstić information content (AvgIpc) is 2.31. The first kappa shape index (κ1) is 13.8. The van der Waals surface area contributed by atoms with Crippen LogP contribution in [0.15, 0.2) is 23.2 Å². The maximum Gasteiger partial charge on any atom is 0.188 e. The minimum Gasteiger partial charge on any atom is -0.370 e. The van der Waals surface area contributed by atoms with Gasteiger partial charge in [0.1, 0.15) is 0 Å². The highest BCUT2D eigenvalue weighted by molar-refractivity contribution is 6.31. The van der Waals surface area contributed by atoms with E-state index in [2.05, 4.69) is 17.2 Å². The molecule has 17 heavy (non-hydrogen) atoms. The van der Waals surface area contributed by atoms with E-state index in [1.807, 2.05) is 25.1 Å². The molecule has 0 aliphatic heterocycles. The molecule has 0 aromatic heterocycles. The molecule has 1 rings (SSSR count). The third-order valence-corrected chi connectivity index (χ3v) is 2.91. The number of nitrogens with two attached hydrogens (primary N) is 1. The van der Waals surface area contributed by atoms with Crippen LogP contribution in [0.1, 0.15) is 30.9 Å². The Hall–Kier alpha value is -1.22. The number of nitrogens with zero attached hydrogens (tertiary/aromatic N) is 1. The summed E-state index contributed by atoms with van der Waals surface area (Å²) >= 11 is 5.95. The van der Waals surface area contributed by atoms with Crippen LogP contribution in [0.2, 0.25) is 5.02 Å². The summed E-state index contributed by atoms with van der Waals surface area (Å²) in [4.78, 5) is 4.28. The van der Waals surface area contributed by atoms with Crippen molar-refractivity contribution in [3.8, 4) is 0 Å². The van der Waals surface area contributed by atoms with Gasteiger partial charge in [-0.3, -0.25) is 0 Å². The highest BCUT2D eigenvalue weighted by Gasteiger charge is 1.97. The molecule has 0 heterocycles. The fourth-order valence-electron chi connectivity index (χ4n) is 1.43. The smallest absolute Gasteiger partial charge is 0.188 e. The number of rotatable bonds is 5. The lowest BCUT2D eigenvalue weighted by Crippen LogP contribution is -2.32. The van der Waals surface area contributed by atoms with Gasteiger partial charge >= 0.3 is 0 Å². The standard InChI is InChI=1S/C13H20ClN3/c1-3-4-7-16-13(15)17-9-11-5-6-12(14)10(2)8-11/h5-6,8H,3-4,7,9H2,1-2H3,(H3,15,16,17). The number of hydrogen-bond acceptors (Lipinski definition) is 1. The lowest BCUT2D eigenvalue weighted by atomic mass is 10.1. The third-order valence-electron chi connectivity index (χ3n) is 2.49. The zero-order chi connectivity index (χ0) is 12.7. The molecule has 0 spiro atoms. The molecule has 0 radical (unpaired) electrons. The van der Waals surface area contributed by atoms with Gasteiger partial charge in [-0.2, -0.15) is 0 Å². The SMILES string of the molecule is CCCCNC(N)=NCc1ccc(Cl)c(C)c1. The molecule has 0 bridgehead atoms. The molecule has 0 atom stereocenters. The second-order valence-corrected chi connectivity index (χ2v) is 4.47. The number of aryl methyl sites for hydroxylation is 1. The maximum atomic E-state index is 5.95. The van der Waals surface area contributed by atoms with Gasteiger partial charge in [0, 0.05) is 11.6 Å². The molecule has 0 saturated carbocycles. The van der Waals surface area contributed by atoms with E-state index < -0.39 is 0 Å². The quantitative estimate of drug-likeness (QED) is 0.482. The Labute approximate surface area is 108 Å². The Bertz CT molecular complexity index is 388. The first-order chi connectivity index (χ1) is 8.13. The van der Waals surface area contributed by atoms with E-state index in [0.717, 1.165) is 35.5 Å². The topological polar surface area (TPSA) is 50.4 Å². The number of unbranched alkanes of at least 4 members (excludes halogenated alkanes) is 1. The fraction of sp³-hybridized carbons (Fsp3) is 0.462. The molecule has 0 amide bonds. The lowest BCUT2D eigenvalue weighted by molar-refractivity contribution is 0.748. The van der Waals surface area contributed by atoms with Crippen molar-refractivity contribution in [3.05, 3.63) is 34.3 Å². The summed E-state index contributed by atoms with van der Waals surface area (Å²) in [7, 11) is 0. The van der Waals surface area contributed by atoms with Crippen LogP contribution in [0.4, 0.5) is 0 Å². The monoisotopic (exact) mass is 253 g/mol. The zero-order valence-electron chi connectivity index (χ0n) is 10.5. The summed E-state index contributed by atoms with van der Waals surface area (Å²) in [5.41, 5.74) is 7.93. The Balaban J connectivity index is 2.48. The fourth-order valence-corrected chi connectivity index (χ4v) is 1.55. The number of nitrogens with one attached hydrogen (secondary N) is 1. The van der Waals surface area contributed by atoms with Crippen LogP contribution >= 0.6 is 11.6 Å². The van der Waals surface area contributed by atoms with Crippen molar-refractivity contribution in [3.63, 3.8) is 0 Å². The van der Waals surface area contributed by atoms with Crippen molar-refractivity contribution < 1.29 is 0 Å². The predicted molar refractivity (Wildman–Crippen MR) is 74.4 cm³/mol. The molecular formula is C13H20ClN3. The summed E-state index contributed by atoms with van der Waals surface area (Å²) in [6, 6.07) is 5.89. The van der Waals surface area contributed by atoms with Gasteiger partial charge in [-0.25, -0.2) is 4.99 Å². The summed E-state index contributed by atoms with van der Waals surface area (Å²) in [6.45, 7) is 5.60. The molecule has 0 aliphatic carbocycles. The Morgan fingerprint density at radius 3 is 2.88 bits per heavy atom. The summed E-state index contributed by atoms with van der Waals surface area (Å²) in [5.74, 6) is 0.506. The van der Waals surface area contributed by atoms with Gasteiger partial charge in [-0.1, -0.05) is 37.1 Å². The normalized spacial score (nSPS) is 11.6. The highest BCUT2D eigenvalue weighted by atomic mass is 35.5. The van der Waals surface area contributed by atoms with Gasteiger partial charge < -0.3 is 11.1 Å². The van der Waals surface area contributed by atoms with E-state index in [1.165, 1.54) is 0 Å². The number of guanidine groups is 1. The minimum absolute atomic E-state index is 0.506. The van der Waals surface area contributed by atoms with Crippen molar-refractivity contribution in [2.45, 2.75) is 33.2 Å². The molecular weight excluding hydrogens is 234 g/mol. The minimum atomic E-state index is 0.506. The van der Waals surface area contributed by atoms with Crippen LogP contribution in [0, 0.1) is 6.92 Å². The predicted octanol–water partition coefficient (Wildman–Crippen LogP) is 2.85. The number of benzene rings is 1. The average molecular weight is 254 g/mol. The Kier molecular flexibility index (Phi) is 5.84. The highest BCUT2D eigenvalue weighted by Crippen LogP contribution is 2.16. The molecule has 94 valence electrons.